The van der Waals surface area contributed by atoms with Crippen molar-refractivity contribution in [1.29, 1.82) is 0 Å². The summed E-state index contributed by atoms with van der Waals surface area (Å²) in [6.45, 7) is 6.28. The zero-order chi connectivity index (χ0) is 7.78. The van der Waals surface area contributed by atoms with Crippen molar-refractivity contribution < 1.29 is 5.11 Å². The zero-order valence-corrected chi connectivity index (χ0v) is 6.76. The Labute approximate surface area is 62.1 Å². The lowest BCUT2D eigenvalue weighted by molar-refractivity contribution is 0.240. The molecule has 0 fully saturated rings. The van der Waals surface area contributed by atoms with Gasteiger partial charge in [-0.15, -0.1) is 0 Å². The second kappa shape index (κ2) is 2.15. The van der Waals surface area contributed by atoms with Crippen LogP contribution in [0.3, 0.4) is 0 Å². The number of allylic oxidation sites excluding steroid dienone is 4. The van der Waals surface area contributed by atoms with Gasteiger partial charge in [-0.2, -0.15) is 0 Å². The largest absolute Gasteiger partial charge is 0.512 e. The van der Waals surface area contributed by atoms with Crippen molar-refractivity contribution >= 4 is 0 Å². The van der Waals surface area contributed by atoms with Crippen LogP contribution < -0.4 is 0 Å². The molecule has 1 aliphatic carbocycles. The maximum atomic E-state index is 9.32. The Morgan fingerprint density at radius 1 is 1.50 bits per heavy atom. The average molecular weight is 138 g/mol. The van der Waals surface area contributed by atoms with Crippen LogP contribution in [0.2, 0.25) is 0 Å². The molecule has 0 amide bonds. The Morgan fingerprint density at radius 3 is 2.50 bits per heavy atom. The first-order valence-electron chi connectivity index (χ1n) is 3.62. The van der Waals surface area contributed by atoms with Gasteiger partial charge in [-0.25, -0.2) is 0 Å². The summed E-state index contributed by atoms with van der Waals surface area (Å²) < 4.78 is 0. The Morgan fingerprint density at radius 2 is 2.10 bits per heavy atom. The Balaban J connectivity index is 2.89. The molecule has 0 aromatic carbocycles. The number of aliphatic hydroxyl groups is 1. The fourth-order valence-corrected chi connectivity index (χ4v) is 1.06. The number of hydrogen-bond acceptors (Lipinski definition) is 1. The molecule has 0 heterocycles. The van der Waals surface area contributed by atoms with E-state index in [9.17, 15) is 5.11 Å². The fraction of sp³-hybridized carbons (Fsp3) is 0.556. The second-order valence-electron chi connectivity index (χ2n) is 3.49. The van der Waals surface area contributed by atoms with Crippen molar-refractivity contribution in [2.24, 2.45) is 11.3 Å². The first kappa shape index (κ1) is 7.39. The highest BCUT2D eigenvalue weighted by molar-refractivity contribution is 5.20. The molecule has 0 aromatic rings. The Kier molecular flexibility index (Phi) is 1.59. The van der Waals surface area contributed by atoms with Gasteiger partial charge in [-0.1, -0.05) is 32.9 Å². The van der Waals surface area contributed by atoms with Crippen molar-refractivity contribution in [1.82, 2.24) is 0 Å². The lowest BCUT2D eigenvalue weighted by Gasteiger charge is -2.30. The molecule has 0 radical (unpaired) electrons. The molecule has 1 aliphatic rings. The quantitative estimate of drug-likeness (QED) is 0.545. The van der Waals surface area contributed by atoms with E-state index in [1.165, 1.54) is 0 Å². The summed E-state index contributed by atoms with van der Waals surface area (Å²) in [5, 5.41) is 9.32. The van der Waals surface area contributed by atoms with Crippen LogP contribution in [-0.4, -0.2) is 5.11 Å². The highest BCUT2D eigenvalue weighted by atomic mass is 16.3. The predicted molar refractivity (Wildman–Crippen MR) is 42.8 cm³/mol. The van der Waals surface area contributed by atoms with Crippen LogP contribution in [0.4, 0.5) is 0 Å². The maximum Gasteiger partial charge on any atom is 0.0959 e. The summed E-state index contributed by atoms with van der Waals surface area (Å²) in [6, 6.07) is 0. The summed E-state index contributed by atoms with van der Waals surface area (Å²) in [5.74, 6) is 0.741. The molecule has 1 nitrogen and oxygen atoms in total. The SMILES string of the molecule is CC1C(O)=CC=CC1(C)C. The molecular weight excluding hydrogens is 124 g/mol. The molecule has 0 spiro atoms. The standard InChI is InChI=1S/C9H14O/c1-7-8(10)5-4-6-9(7,2)3/h4-7,10H,1-3H3. The molecule has 1 N–H and O–H groups in total. The molecule has 10 heavy (non-hydrogen) atoms. The summed E-state index contributed by atoms with van der Waals surface area (Å²) in [7, 11) is 0. The third-order valence-corrected chi connectivity index (χ3v) is 2.35. The van der Waals surface area contributed by atoms with E-state index in [0.717, 1.165) is 0 Å². The van der Waals surface area contributed by atoms with E-state index in [1.54, 1.807) is 6.08 Å². The minimum absolute atomic E-state index is 0.110. The third-order valence-electron chi connectivity index (χ3n) is 2.35. The molecular formula is C9H14O. The highest BCUT2D eigenvalue weighted by Crippen LogP contribution is 2.34. The van der Waals surface area contributed by atoms with Crippen LogP contribution in [0.5, 0.6) is 0 Å². The van der Waals surface area contributed by atoms with E-state index >= 15 is 0 Å². The van der Waals surface area contributed by atoms with Gasteiger partial charge in [0.15, 0.2) is 0 Å². The normalized spacial score (nSPS) is 29.9. The van der Waals surface area contributed by atoms with Crippen LogP contribution >= 0.6 is 0 Å². The molecule has 1 heteroatoms. The molecule has 1 atom stereocenters. The van der Waals surface area contributed by atoms with Crippen LogP contribution in [-0.2, 0) is 0 Å². The number of aliphatic hydroxyl groups excluding tert-OH is 1. The summed E-state index contributed by atoms with van der Waals surface area (Å²) in [5.41, 5.74) is 0.110. The number of hydrogen-bond donors (Lipinski definition) is 1. The zero-order valence-electron chi connectivity index (χ0n) is 6.76. The van der Waals surface area contributed by atoms with E-state index < -0.39 is 0 Å². The molecule has 0 bridgehead atoms. The van der Waals surface area contributed by atoms with Crippen molar-refractivity contribution in [3.8, 4) is 0 Å². The molecule has 1 unspecified atom stereocenters. The minimum Gasteiger partial charge on any atom is -0.512 e. The van der Waals surface area contributed by atoms with Crippen molar-refractivity contribution in [2.45, 2.75) is 20.8 Å². The lowest BCUT2D eigenvalue weighted by atomic mass is 9.76. The summed E-state index contributed by atoms with van der Waals surface area (Å²) in [4.78, 5) is 0. The van der Waals surface area contributed by atoms with Gasteiger partial charge in [-0.3, -0.25) is 0 Å². The molecule has 1 rings (SSSR count). The molecule has 0 saturated heterocycles. The van der Waals surface area contributed by atoms with E-state index in [1.807, 2.05) is 13.0 Å². The van der Waals surface area contributed by atoms with Gasteiger partial charge in [0.2, 0.25) is 0 Å². The number of rotatable bonds is 0. The Bertz CT molecular complexity index is 187. The van der Waals surface area contributed by atoms with Crippen LogP contribution in [0.1, 0.15) is 20.8 Å². The van der Waals surface area contributed by atoms with E-state index in [2.05, 4.69) is 19.9 Å². The smallest absolute Gasteiger partial charge is 0.0959 e. The second-order valence-corrected chi connectivity index (χ2v) is 3.49. The first-order valence-corrected chi connectivity index (χ1v) is 3.62. The van der Waals surface area contributed by atoms with Gasteiger partial charge < -0.3 is 5.11 Å². The third kappa shape index (κ3) is 1.08. The van der Waals surface area contributed by atoms with Gasteiger partial charge in [-0.05, 0) is 11.5 Å². The highest BCUT2D eigenvalue weighted by Gasteiger charge is 2.27. The van der Waals surface area contributed by atoms with Crippen LogP contribution in [0.15, 0.2) is 24.0 Å². The summed E-state index contributed by atoms with van der Waals surface area (Å²) >= 11 is 0. The maximum absolute atomic E-state index is 9.32. The monoisotopic (exact) mass is 138 g/mol. The molecule has 56 valence electrons. The van der Waals surface area contributed by atoms with Crippen molar-refractivity contribution in [2.75, 3.05) is 0 Å². The lowest BCUT2D eigenvalue weighted by Crippen LogP contribution is -2.22. The van der Waals surface area contributed by atoms with Gasteiger partial charge in [0.25, 0.3) is 0 Å². The van der Waals surface area contributed by atoms with Crippen molar-refractivity contribution in [3.05, 3.63) is 24.0 Å². The van der Waals surface area contributed by atoms with Crippen LogP contribution in [0, 0.1) is 11.3 Å². The molecule has 0 aromatic heterocycles. The van der Waals surface area contributed by atoms with E-state index in [0.29, 0.717) is 5.76 Å². The molecule has 0 saturated carbocycles. The molecule has 0 aliphatic heterocycles. The summed E-state index contributed by atoms with van der Waals surface area (Å²) in [6.07, 6.45) is 5.79. The van der Waals surface area contributed by atoms with Crippen LogP contribution in [0.25, 0.3) is 0 Å². The Hall–Kier alpha value is -0.720. The topological polar surface area (TPSA) is 20.2 Å². The van der Waals surface area contributed by atoms with Crippen molar-refractivity contribution in [3.63, 3.8) is 0 Å². The van der Waals surface area contributed by atoms with Gasteiger partial charge in [0.05, 0.1) is 5.76 Å². The van der Waals surface area contributed by atoms with E-state index in [4.69, 9.17) is 0 Å². The predicted octanol–water partition coefficient (Wildman–Crippen LogP) is 2.66. The minimum atomic E-state index is 0.110. The van der Waals surface area contributed by atoms with Gasteiger partial charge in [0.1, 0.15) is 0 Å². The average Bonchev–Trinajstić information content (AvgIpc) is 1.83. The van der Waals surface area contributed by atoms with Gasteiger partial charge in [0, 0.05) is 5.92 Å². The fourth-order valence-electron chi connectivity index (χ4n) is 1.06. The van der Waals surface area contributed by atoms with E-state index in [-0.39, 0.29) is 11.3 Å². The van der Waals surface area contributed by atoms with Gasteiger partial charge >= 0.3 is 0 Å². The first-order chi connectivity index (χ1) is 4.54.